The lowest BCUT2D eigenvalue weighted by Gasteiger charge is -2.11. The van der Waals surface area contributed by atoms with Crippen molar-refractivity contribution in [2.24, 2.45) is 0 Å². The molecule has 1 heterocycles. The molecule has 3 rings (SSSR count). The van der Waals surface area contributed by atoms with Crippen LogP contribution in [0.15, 0.2) is 47.4 Å². The Hall–Kier alpha value is -2.00. The number of aromatic nitrogens is 1. The van der Waals surface area contributed by atoms with Crippen LogP contribution < -0.4 is 9.46 Å². The Labute approximate surface area is 156 Å². The van der Waals surface area contributed by atoms with Crippen LogP contribution in [0.1, 0.15) is 10.6 Å². The summed E-state index contributed by atoms with van der Waals surface area (Å²) in [6.07, 6.45) is 0. The SMILES string of the molecule is COCCOc1ccc(S(=O)(=O)NCc2nc3ccccc3s2)cc1C. The molecule has 0 bridgehead atoms. The first kappa shape index (κ1) is 18.8. The Morgan fingerprint density at radius 3 is 2.69 bits per heavy atom. The van der Waals surface area contributed by atoms with Crippen molar-refractivity contribution in [1.29, 1.82) is 0 Å². The van der Waals surface area contributed by atoms with Gasteiger partial charge in [0.2, 0.25) is 10.0 Å². The standard InChI is InChI=1S/C18H20N2O4S2/c1-13-11-14(7-8-16(13)24-10-9-23-2)26(21,22)19-12-18-20-15-5-3-4-6-17(15)25-18/h3-8,11,19H,9-10,12H2,1-2H3. The van der Waals surface area contributed by atoms with Gasteiger partial charge in [0.15, 0.2) is 0 Å². The minimum Gasteiger partial charge on any atom is -0.491 e. The third-order valence-corrected chi connectivity index (χ3v) is 6.19. The summed E-state index contributed by atoms with van der Waals surface area (Å²) in [5.74, 6) is 0.646. The summed E-state index contributed by atoms with van der Waals surface area (Å²) in [5.41, 5.74) is 1.63. The molecule has 3 aromatic rings. The van der Waals surface area contributed by atoms with Gasteiger partial charge in [-0.2, -0.15) is 0 Å². The number of hydrogen-bond acceptors (Lipinski definition) is 6. The number of thiazole rings is 1. The summed E-state index contributed by atoms with van der Waals surface area (Å²) >= 11 is 1.48. The van der Waals surface area contributed by atoms with E-state index in [-0.39, 0.29) is 11.4 Å². The van der Waals surface area contributed by atoms with Crippen molar-refractivity contribution in [3.05, 3.63) is 53.0 Å². The molecule has 0 aliphatic carbocycles. The molecule has 0 saturated carbocycles. The van der Waals surface area contributed by atoms with Crippen LogP contribution >= 0.6 is 11.3 Å². The van der Waals surface area contributed by atoms with Gasteiger partial charge in [-0.25, -0.2) is 18.1 Å². The second kappa shape index (κ2) is 8.13. The third kappa shape index (κ3) is 4.39. The van der Waals surface area contributed by atoms with Crippen LogP contribution in [0.25, 0.3) is 10.2 Å². The molecule has 0 atom stereocenters. The number of aryl methyl sites for hydroxylation is 1. The number of hydrogen-bond donors (Lipinski definition) is 1. The van der Waals surface area contributed by atoms with Gasteiger partial charge in [0.1, 0.15) is 17.4 Å². The molecule has 138 valence electrons. The molecular formula is C18H20N2O4S2. The normalized spacial score (nSPS) is 11.8. The predicted molar refractivity (Wildman–Crippen MR) is 102 cm³/mol. The van der Waals surface area contributed by atoms with E-state index in [0.717, 1.165) is 20.8 Å². The minimum atomic E-state index is -3.62. The maximum Gasteiger partial charge on any atom is 0.240 e. The molecule has 26 heavy (non-hydrogen) atoms. The van der Waals surface area contributed by atoms with E-state index in [2.05, 4.69) is 9.71 Å². The van der Waals surface area contributed by atoms with Crippen LogP contribution in [0.5, 0.6) is 5.75 Å². The molecule has 0 aliphatic rings. The lowest BCUT2D eigenvalue weighted by molar-refractivity contribution is 0.146. The fourth-order valence-electron chi connectivity index (χ4n) is 2.42. The summed E-state index contributed by atoms with van der Waals surface area (Å²) in [5, 5.41) is 0.728. The molecule has 6 nitrogen and oxygen atoms in total. The van der Waals surface area contributed by atoms with Gasteiger partial charge < -0.3 is 9.47 Å². The van der Waals surface area contributed by atoms with Crippen LogP contribution in [0.2, 0.25) is 0 Å². The monoisotopic (exact) mass is 392 g/mol. The van der Waals surface area contributed by atoms with E-state index in [1.807, 2.05) is 31.2 Å². The molecule has 0 radical (unpaired) electrons. The maximum absolute atomic E-state index is 12.5. The van der Waals surface area contributed by atoms with E-state index in [1.54, 1.807) is 19.2 Å². The second-order valence-corrected chi connectivity index (χ2v) is 8.55. The minimum absolute atomic E-state index is 0.160. The van der Waals surface area contributed by atoms with Crippen molar-refractivity contribution in [1.82, 2.24) is 9.71 Å². The predicted octanol–water partition coefficient (Wildman–Crippen LogP) is 3.11. The summed E-state index contributed by atoms with van der Waals surface area (Å²) in [7, 11) is -2.02. The first-order valence-electron chi connectivity index (χ1n) is 8.06. The second-order valence-electron chi connectivity index (χ2n) is 5.67. The molecule has 0 aliphatic heterocycles. The van der Waals surface area contributed by atoms with Gasteiger partial charge in [0.25, 0.3) is 0 Å². The molecule has 0 saturated heterocycles. The van der Waals surface area contributed by atoms with Gasteiger partial charge >= 0.3 is 0 Å². The van der Waals surface area contributed by atoms with Crippen molar-refractivity contribution in [2.45, 2.75) is 18.4 Å². The van der Waals surface area contributed by atoms with E-state index in [0.29, 0.717) is 19.0 Å². The van der Waals surface area contributed by atoms with Crippen molar-refractivity contribution in [3.63, 3.8) is 0 Å². The molecule has 8 heteroatoms. The summed E-state index contributed by atoms with van der Waals surface area (Å²) in [6, 6.07) is 12.5. The number of methoxy groups -OCH3 is 1. The van der Waals surface area contributed by atoms with Gasteiger partial charge in [0.05, 0.1) is 28.3 Å². The van der Waals surface area contributed by atoms with Gasteiger partial charge in [-0.1, -0.05) is 12.1 Å². The molecular weight excluding hydrogens is 372 g/mol. The smallest absolute Gasteiger partial charge is 0.240 e. The highest BCUT2D eigenvalue weighted by Crippen LogP contribution is 2.24. The maximum atomic E-state index is 12.5. The number of benzene rings is 2. The molecule has 1 N–H and O–H groups in total. The van der Waals surface area contributed by atoms with E-state index in [4.69, 9.17) is 9.47 Å². The average Bonchev–Trinajstić information content (AvgIpc) is 3.04. The van der Waals surface area contributed by atoms with Crippen LogP contribution in [0.4, 0.5) is 0 Å². The first-order valence-corrected chi connectivity index (χ1v) is 10.4. The summed E-state index contributed by atoms with van der Waals surface area (Å²) < 4.78 is 39.2. The molecule has 2 aromatic carbocycles. The van der Waals surface area contributed by atoms with Crippen molar-refractivity contribution in [2.75, 3.05) is 20.3 Å². The number of ether oxygens (including phenoxy) is 2. The number of rotatable bonds is 8. The molecule has 0 spiro atoms. The first-order chi connectivity index (χ1) is 12.5. The zero-order valence-corrected chi connectivity index (χ0v) is 16.2. The van der Waals surface area contributed by atoms with Crippen molar-refractivity contribution in [3.8, 4) is 5.75 Å². The Kier molecular flexibility index (Phi) is 5.87. The number of nitrogens with zero attached hydrogens (tertiary/aromatic N) is 1. The summed E-state index contributed by atoms with van der Waals surface area (Å²) in [4.78, 5) is 4.65. The van der Waals surface area contributed by atoms with Crippen LogP contribution in [-0.4, -0.2) is 33.7 Å². The van der Waals surface area contributed by atoms with Crippen LogP contribution in [-0.2, 0) is 21.3 Å². The fourth-order valence-corrected chi connectivity index (χ4v) is 4.49. The number of fused-ring (bicyclic) bond motifs is 1. The van der Waals surface area contributed by atoms with Crippen LogP contribution in [0, 0.1) is 6.92 Å². The summed E-state index contributed by atoms with van der Waals surface area (Å²) in [6.45, 7) is 2.87. The lowest BCUT2D eigenvalue weighted by atomic mass is 10.2. The zero-order valence-electron chi connectivity index (χ0n) is 14.6. The Bertz CT molecular complexity index is 966. The van der Waals surface area contributed by atoms with Crippen molar-refractivity contribution >= 4 is 31.6 Å². The topological polar surface area (TPSA) is 77.5 Å². The molecule has 0 fully saturated rings. The highest BCUT2D eigenvalue weighted by atomic mass is 32.2. The quantitative estimate of drug-likeness (QED) is 0.596. The number of nitrogens with one attached hydrogen (secondary N) is 1. The number of para-hydroxylation sites is 1. The Morgan fingerprint density at radius 1 is 1.15 bits per heavy atom. The largest absolute Gasteiger partial charge is 0.491 e. The Morgan fingerprint density at radius 2 is 1.96 bits per heavy atom. The zero-order chi connectivity index (χ0) is 18.6. The van der Waals surface area contributed by atoms with E-state index >= 15 is 0 Å². The van der Waals surface area contributed by atoms with Gasteiger partial charge in [-0.15, -0.1) is 11.3 Å². The third-order valence-electron chi connectivity index (χ3n) is 3.75. The average molecular weight is 393 g/mol. The Balaban J connectivity index is 1.70. The fraction of sp³-hybridized carbons (Fsp3) is 0.278. The van der Waals surface area contributed by atoms with Gasteiger partial charge in [0, 0.05) is 7.11 Å². The van der Waals surface area contributed by atoms with E-state index < -0.39 is 10.0 Å². The van der Waals surface area contributed by atoms with E-state index in [1.165, 1.54) is 17.4 Å². The molecule has 0 amide bonds. The van der Waals surface area contributed by atoms with Gasteiger partial charge in [-0.3, -0.25) is 0 Å². The highest BCUT2D eigenvalue weighted by molar-refractivity contribution is 7.89. The van der Waals surface area contributed by atoms with E-state index in [9.17, 15) is 8.42 Å². The highest BCUT2D eigenvalue weighted by Gasteiger charge is 2.16. The molecule has 1 aromatic heterocycles. The lowest BCUT2D eigenvalue weighted by Crippen LogP contribution is -2.23. The van der Waals surface area contributed by atoms with Crippen molar-refractivity contribution < 1.29 is 17.9 Å². The van der Waals surface area contributed by atoms with Gasteiger partial charge in [-0.05, 0) is 42.8 Å². The number of sulfonamides is 1. The van der Waals surface area contributed by atoms with Crippen LogP contribution in [0.3, 0.4) is 0 Å². The molecule has 0 unspecified atom stereocenters.